The summed E-state index contributed by atoms with van der Waals surface area (Å²) in [6.45, 7) is 1.26. The number of benzene rings is 2. The van der Waals surface area contributed by atoms with Crippen LogP contribution in [-0.2, 0) is 14.8 Å². The second kappa shape index (κ2) is 7.89. The van der Waals surface area contributed by atoms with Gasteiger partial charge in [0, 0.05) is 6.07 Å². The Hall–Kier alpha value is -3.05. The first-order valence-corrected chi connectivity index (χ1v) is 9.43. The van der Waals surface area contributed by atoms with Crippen LogP contribution in [0.5, 0.6) is 11.5 Å². The highest BCUT2D eigenvalue weighted by atomic mass is 32.2. The van der Waals surface area contributed by atoms with Gasteiger partial charge in [0.1, 0.15) is 6.54 Å². The summed E-state index contributed by atoms with van der Waals surface area (Å²) in [5.41, 5.74) is 1.46. The van der Waals surface area contributed by atoms with Crippen LogP contribution < -0.4 is 13.8 Å². The number of carbonyl (C=O) groups excluding carboxylic acids is 1. The van der Waals surface area contributed by atoms with Gasteiger partial charge in [0.25, 0.3) is 0 Å². The topological polar surface area (TPSA) is 96.7 Å². The van der Waals surface area contributed by atoms with E-state index in [2.05, 4.69) is 0 Å². The van der Waals surface area contributed by atoms with Crippen molar-refractivity contribution in [3.05, 3.63) is 53.6 Å². The number of methoxy groups -OCH3 is 1. The summed E-state index contributed by atoms with van der Waals surface area (Å²) in [6.07, 6.45) is 1.02. The van der Waals surface area contributed by atoms with Crippen LogP contribution >= 0.6 is 0 Å². The van der Waals surface area contributed by atoms with Gasteiger partial charge in [-0.3, -0.25) is 4.31 Å². The lowest BCUT2D eigenvalue weighted by Crippen LogP contribution is -2.37. The molecule has 0 saturated heterocycles. The van der Waals surface area contributed by atoms with E-state index >= 15 is 0 Å². The minimum absolute atomic E-state index is 0.106. The van der Waals surface area contributed by atoms with E-state index in [1.165, 1.54) is 25.3 Å². The Balaban J connectivity index is 2.27. The van der Waals surface area contributed by atoms with Gasteiger partial charge >= 0.3 is 5.97 Å². The third kappa shape index (κ3) is 4.52. The van der Waals surface area contributed by atoms with Crippen LogP contribution in [0.4, 0.5) is 5.69 Å². The fraction of sp³-hybridized carbons (Fsp3) is 0.222. The first-order chi connectivity index (χ1) is 12.3. The van der Waals surface area contributed by atoms with Gasteiger partial charge in [-0.1, -0.05) is 18.2 Å². The van der Waals surface area contributed by atoms with Crippen LogP contribution in [0.3, 0.4) is 0 Å². The molecule has 0 amide bonds. The summed E-state index contributed by atoms with van der Waals surface area (Å²) in [5, 5.41) is 8.90. The number of sulfonamides is 1. The SMILES string of the molecule is COc1cc(C#N)ccc1OC(=O)CN(c1ccccc1C)S(C)(=O)=O. The average molecular weight is 374 g/mol. The molecule has 2 aromatic rings. The standard InChI is InChI=1S/C18H18N2O5S/c1-13-6-4-5-7-15(13)20(26(3,22)23)12-18(21)25-16-9-8-14(11-19)10-17(16)24-2/h4-10H,12H2,1-3H3. The first-order valence-electron chi connectivity index (χ1n) is 7.58. The molecule has 0 radical (unpaired) electrons. The van der Waals surface area contributed by atoms with E-state index in [-0.39, 0.29) is 11.5 Å². The number of carbonyl (C=O) groups is 1. The molecule has 0 aliphatic rings. The summed E-state index contributed by atoms with van der Waals surface area (Å²) in [7, 11) is -2.32. The molecule has 2 rings (SSSR count). The maximum absolute atomic E-state index is 12.3. The molecule has 0 heterocycles. The van der Waals surface area contributed by atoms with Gasteiger partial charge in [0.05, 0.1) is 30.7 Å². The highest BCUT2D eigenvalue weighted by Crippen LogP contribution is 2.28. The number of hydrogen-bond donors (Lipinski definition) is 0. The Bertz CT molecular complexity index is 964. The fourth-order valence-corrected chi connectivity index (χ4v) is 3.22. The molecule has 0 spiro atoms. The number of nitriles is 1. The van der Waals surface area contributed by atoms with Crippen molar-refractivity contribution in [3.63, 3.8) is 0 Å². The molecular weight excluding hydrogens is 356 g/mol. The van der Waals surface area contributed by atoms with Crippen LogP contribution in [-0.4, -0.2) is 34.3 Å². The van der Waals surface area contributed by atoms with E-state index in [9.17, 15) is 13.2 Å². The van der Waals surface area contributed by atoms with Crippen molar-refractivity contribution in [1.29, 1.82) is 5.26 Å². The molecule has 0 aliphatic carbocycles. The van der Waals surface area contributed by atoms with Gasteiger partial charge in [-0.05, 0) is 30.7 Å². The predicted octanol–water partition coefficient (Wildman–Crippen LogP) is 2.25. The van der Waals surface area contributed by atoms with Crippen molar-refractivity contribution in [2.45, 2.75) is 6.92 Å². The third-order valence-corrected chi connectivity index (χ3v) is 4.70. The summed E-state index contributed by atoms with van der Waals surface area (Å²) < 4.78 is 35.6. The number of para-hydroxylation sites is 1. The molecule has 136 valence electrons. The molecule has 0 aliphatic heterocycles. The average Bonchev–Trinajstić information content (AvgIpc) is 2.60. The van der Waals surface area contributed by atoms with E-state index in [4.69, 9.17) is 14.7 Å². The Morgan fingerprint density at radius 1 is 1.19 bits per heavy atom. The zero-order valence-corrected chi connectivity index (χ0v) is 15.4. The number of anilines is 1. The van der Waals surface area contributed by atoms with Crippen molar-refractivity contribution < 1.29 is 22.7 Å². The monoisotopic (exact) mass is 374 g/mol. The first kappa shape index (κ1) is 19.3. The van der Waals surface area contributed by atoms with E-state index in [1.54, 1.807) is 31.2 Å². The number of esters is 1. The lowest BCUT2D eigenvalue weighted by atomic mass is 10.2. The number of aryl methyl sites for hydroxylation is 1. The number of rotatable bonds is 6. The molecule has 7 nitrogen and oxygen atoms in total. The quantitative estimate of drug-likeness (QED) is 0.568. The third-order valence-electron chi connectivity index (χ3n) is 3.57. The van der Waals surface area contributed by atoms with Gasteiger partial charge in [-0.2, -0.15) is 5.26 Å². The largest absolute Gasteiger partial charge is 0.493 e. The normalized spacial score (nSPS) is 10.7. The Labute approximate surface area is 152 Å². The van der Waals surface area contributed by atoms with Crippen LogP contribution in [0.25, 0.3) is 0 Å². The van der Waals surface area contributed by atoms with Gasteiger partial charge in [0.2, 0.25) is 10.0 Å². The smallest absolute Gasteiger partial charge is 0.332 e. The van der Waals surface area contributed by atoms with Gasteiger partial charge < -0.3 is 9.47 Å². The van der Waals surface area contributed by atoms with E-state index in [1.807, 2.05) is 6.07 Å². The molecule has 0 bridgehead atoms. The van der Waals surface area contributed by atoms with Crippen molar-refractivity contribution in [2.75, 3.05) is 24.2 Å². The predicted molar refractivity (Wildman–Crippen MR) is 96.7 cm³/mol. The molecule has 8 heteroatoms. The summed E-state index contributed by atoms with van der Waals surface area (Å²) in [6, 6.07) is 13.1. The van der Waals surface area contributed by atoms with Crippen LogP contribution in [0, 0.1) is 18.3 Å². The van der Waals surface area contributed by atoms with E-state index in [0.717, 1.165) is 10.6 Å². The van der Waals surface area contributed by atoms with Gasteiger partial charge in [-0.15, -0.1) is 0 Å². The number of ether oxygens (including phenoxy) is 2. The summed E-state index contributed by atoms with van der Waals surface area (Å²) in [5.74, 6) is -0.462. The van der Waals surface area contributed by atoms with Crippen LogP contribution in [0.2, 0.25) is 0 Å². The second-order valence-electron chi connectivity index (χ2n) is 5.51. The van der Waals surface area contributed by atoms with Crippen LogP contribution in [0.1, 0.15) is 11.1 Å². The number of nitrogens with zero attached hydrogens (tertiary/aromatic N) is 2. The van der Waals surface area contributed by atoms with Gasteiger partial charge in [0.15, 0.2) is 11.5 Å². The van der Waals surface area contributed by atoms with Crippen molar-refractivity contribution in [3.8, 4) is 17.6 Å². The molecule has 0 atom stereocenters. The van der Waals surface area contributed by atoms with E-state index < -0.39 is 22.5 Å². The van der Waals surface area contributed by atoms with Crippen molar-refractivity contribution in [2.24, 2.45) is 0 Å². The molecule has 0 saturated carbocycles. The maximum Gasteiger partial charge on any atom is 0.332 e. The number of hydrogen-bond acceptors (Lipinski definition) is 6. The summed E-state index contributed by atoms with van der Waals surface area (Å²) >= 11 is 0. The zero-order valence-electron chi connectivity index (χ0n) is 14.6. The van der Waals surface area contributed by atoms with Crippen LogP contribution in [0.15, 0.2) is 42.5 Å². The Kier molecular flexibility index (Phi) is 5.85. The summed E-state index contributed by atoms with van der Waals surface area (Å²) in [4.78, 5) is 12.3. The minimum Gasteiger partial charge on any atom is -0.493 e. The molecule has 0 unspecified atom stereocenters. The molecule has 0 aromatic heterocycles. The molecule has 2 aromatic carbocycles. The Morgan fingerprint density at radius 2 is 1.88 bits per heavy atom. The maximum atomic E-state index is 12.3. The second-order valence-corrected chi connectivity index (χ2v) is 7.41. The van der Waals surface area contributed by atoms with Crippen molar-refractivity contribution >= 4 is 21.7 Å². The lowest BCUT2D eigenvalue weighted by molar-refractivity contribution is -0.132. The van der Waals surface area contributed by atoms with Crippen molar-refractivity contribution in [1.82, 2.24) is 0 Å². The Morgan fingerprint density at radius 3 is 2.46 bits per heavy atom. The zero-order chi connectivity index (χ0) is 19.3. The minimum atomic E-state index is -3.70. The lowest BCUT2D eigenvalue weighted by Gasteiger charge is -2.23. The van der Waals surface area contributed by atoms with E-state index in [0.29, 0.717) is 16.8 Å². The highest BCUT2D eigenvalue weighted by Gasteiger charge is 2.24. The fourth-order valence-electron chi connectivity index (χ4n) is 2.32. The molecular formula is C18H18N2O5S. The molecule has 26 heavy (non-hydrogen) atoms. The molecule has 0 fully saturated rings. The molecule has 0 N–H and O–H groups in total. The highest BCUT2D eigenvalue weighted by molar-refractivity contribution is 7.92. The van der Waals surface area contributed by atoms with Gasteiger partial charge in [-0.25, -0.2) is 13.2 Å².